The van der Waals surface area contributed by atoms with Crippen molar-refractivity contribution >= 4 is 11.7 Å². The third-order valence-electron chi connectivity index (χ3n) is 5.78. The highest BCUT2D eigenvalue weighted by Gasteiger charge is 2.31. The van der Waals surface area contributed by atoms with E-state index in [0.717, 1.165) is 18.5 Å². The Kier molecular flexibility index (Phi) is 5.51. The molecule has 2 fully saturated rings. The van der Waals surface area contributed by atoms with Gasteiger partial charge in [0.2, 0.25) is 0 Å². The van der Waals surface area contributed by atoms with E-state index in [-0.39, 0.29) is 17.9 Å². The number of aromatic nitrogens is 3. The number of pyridine rings is 1. The van der Waals surface area contributed by atoms with Crippen LogP contribution in [0.3, 0.4) is 0 Å². The molecule has 8 nitrogen and oxygen atoms in total. The number of nitrogens with zero attached hydrogens (tertiary/aromatic N) is 4. The predicted molar refractivity (Wildman–Crippen MR) is 108 cm³/mol. The first kappa shape index (κ1) is 19.4. The molecule has 8 heteroatoms. The molecule has 1 saturated carbocycles. The highest BCUT2D eigenvalue weighted by atomic mass is 16.5. The van der Waals surface area contributed by atoms with Crippen molar-refractivity contribution in [1.82, 2.24) is 20.1 Å². The average Bonchev–Trinajstić information content (AvgIpc) is 3.60. The fourth-order valence-electron chi connectivity index (χ4n) is 3.76. The second-order valence-corrected chi connectivity index (χ2v) is 7.83. The van der Waals surface area contributed by atoms with Crippen LogP contribution in [0.5, 0.6) is 11.5 Å². The van der Waals surface area contributed by atoms with E-state index in [2.05, 4.69) is 22.1 Å². The van der Waals surface area contributed by atoms with Crippen molar-refractivity contribution in [2.45, 2.75) is 44.6 Å². The molecular formula is C21H27N5O3. The van der Waals surface area contributed by atoms with E-state index in [0.29, 0.717) is 42.0 Å². The SMILES string of the molecule is COc1cc(C(=O)N2CCC(c3ccc(N)nn3)CC2)ncc1OC(C)C1CC1. The number of methoxy groups -OCH3 is 1. The van der Waals surface area contributed by atoms with Gasteiger partial charge in [-0.05, 0) is 50.7 Å². The van der Waals surface area contributed by atoms with Crippen LogP contribution in [0, 0.1) is 5.92 Å². The number of hydrogen-bond donors (Lipinski definition) is 1. The molecule has 0 radical (unpaired) electrons. The summed E-state index contributed by atoms with van der Waals surface area (Å²) in [4.78, 5) is 19.1. The number of piperidine rings is 1. The maximum atomic E-state index is 12.9. The Labute approximate surface area is 170 Å². The molecule has 2 aliphatic rings. The summed E-state index contributed by atoms with van der Waals surface area (Å²) in [5, 5.41) is 8.11. The van der Waals surface area contributed by atoms with Crippen LogP contribution < -0.4 is 15.2 Å². The molecule has 0 bridgehead atoms. The van der Waals surface area contributed by atoms with Gasteiger partial charge in [-0.2, -0.15) is 5.10 Å². The Balaban J connectivity index is 1.39. The van der Waals surface area contributed by atoms with Gasteiger partial charge in [-0.1, -0.05) is 0 Å². The summed E-state index contributed by atoms with van der Waals surface area (Å²) in [6.45, 7) is 3.36. The number of carbonyl (C=O) groups excluding carboxylic acids is 1. The van der Waals surface area contributed by atoms with E-state index in [9.17, 15) is 4.79 Å². The summed E-state index contributed by atoms with van der Waals surface area (Å²) in [7, 11) is 1.58. The number of nitrogens with two attached hydrogens (primary N) is 1. The molecule has 1 atom stereocenters. The Morgan fingerprint density at radius 3 is 2.55 bits per heavy atom. The molecular weight excluding hydrogens is 370 g/mol. The molecule has 154 valence electrons. The van der Waals surface area contributed by atoms with Crippen molar-refractivity contribution in [2.24, 2.45) is 5.92 Å². The molecule has 29 heavy (non-hydrogen) atoms. The summed E-state index contributed by atoms with van der Waals surface area (Å²) < 4.78 is 11.4. The quantitative estimate of drug-likeness (QED) is 0.799. The minimum Gasteiger partial charge on any atom is -0.493 e. The number of ether oxygens (including phenoxy) is 2. The van der Waals surface area contributed by atoms with Gasteiger partial charge in [-0.3, -0.25) is 4.79 Å². The molecule has 2 N–H and O–H groups in total. The molecule has 2 aromatic rings. The van der Waals surface area contributed by atoms with E-state index in [1.165, 1.54) is 12.8 Å². The van der Waals surface area contributed by atoms with Crippen LogP contribution >= 0.6 is 0 Å². The number of amides is 1. The number of rotatable bonds is 6. The molecule has 1 unspecified atom stereocenters. The van der Waals surface area contributed by atoms with Crippen LogP contribution in [0.15, 0.2) is 24.4 Å². The molecule has 1 aliphatic carbocycles. The van der Waals surface area contributed by atoms with Crippen LogP contribution in [-0.4, -0.2) is 52.3 Å². The summed E-state index contributed by atoms with van der Waals surface area (Å²) in [5.74, 6) is 2.35. The third-order valence-corrected chi connectivity index (χ3v) is 5.78. The van der Waals surface area contributed by atoms with Crippen LogP contribution in [0.2, 0.25) is 0 Å². The van der Waals surface area contributed by atoms with Crippen LogP contribution in [-0.2, 0) is 0 Å². The average molecular weight is 397 g/mol. The summed E-state index contributed by atoms with van der Waals surface area (Å²) in [6, 6.07) is 5.36. The lowest BCUT2D eigenvalue weighted by Gasteiger charge is -2.31. The van der Waals surface area contributed by atoms with Crippen LogP contribution in [0.25, 0.3) is 0 Å². The number of likely N-dealkylation sites (tertiary alicyclic amines) is 1. The number of anilines is 1. The summed E-state index contributed by atoms with van der Waals surface area (Å²) in [5.41, 5.74) is 6.91. The fourth-order valence-corrected chi connectivity index (χ4v) is 3.76. The van der Waals surface area contributed by atoms with Crippen LogP contribution in [0.1, 0.15) is 54.7 Å². The smallest absolute Gasteiger partial charge is 0.272 e. The van der Waals surface area contributed by atoms with E-state index < -0.39 is 0 Å². The van der Waals surface area contributed by atoms with Gasteiger partial charge in [-0.25, -0.2) is 4.98 Å². The second kappa shape index (κ2) is 8.23. The molecule has 0 aromatic carbocycles. The lowest BCUT2D eigenvalue weighted by molar-refractivity contribution is 0.0705. The van der Waals surface area contributed by atoms with Gasteiger partial charge in [-0.15, -0.1) is 5.10 Å². The summed E-state index contributed by atoms with van der Waals surface area (Å²) >= 11 is 0. The minimum atomic E-state index is -0.0908. The molecule has 3 heterocycles. The van der Waals surface area contributed by atoms with E-state index in [1.807, 2.05) is 11.0 Å². The molecule has 0 spiro atoms. The minimum absolute atomic E-state index is 0.0908. The van der Waals surface area contributed by atoms with Crippen LogP contribution in [0.4, 0.5) is 5.82 Å². The number of carbonyl (C=O) groups is 1. The van der Waals surface area contributed by atoms with Crippen molar-refractivity contribution < 1.29 is 14.3 Å². The van der Waals surface area contributed by atoms with E-state index >= 15 is 0 Å². The van der Waals surface area contributed by atoms with Gasteiger partial charge in [0.25, 0.3) is 5.91 Å². The van der Waals surface area contributed by atoms with Gasteiger partial charge in [0.15, 0.2) is 11.5 Å². The van der Waals surface area contributed by atoms with Crippen molar-refractivity contribution in [3.8, 4) is 11.5 Å². The molecule has 1 aliphatic heterocycles. The van der Waals surface area contributed by atoms with E-state index in [1.54, 1.807) is 25.4 Å². The van der Waals surface area contributed by atoms with Crippen molar-refractivity contribution in [3.05, 3.63) is 35.8 Å². The Bertz CT molecular complexity index is 861. The maximum absolute atomic E-state index is 12.9. The zero-order chi connectivity index (χ0) is 20.4. The Hall–Kier alpha value is -2.90. The maximum Gasteiger partial charge on any atom is 0.272 e. The third kappa shape index (κ3) is 4.41. The van der Waals surface area contributed by atoms with Gasteiger partial charge in [0.05, 0.1) is 25.1 Å². The topological polar surface area (TPSA) is 103 Å². The largest absolute Gasteiger partial charge is 0.493 e. The first-order chi connectivity index (χ1) is 14.0. The first-order valence-electron chi connectivity index (χ1n) is 10.1. The molecule has 4 rings (SSSR count). The first-order valence-corrected chi connectivity index (χ1v) is 10.1. The number of nitrogen functional groups attached to an aromatic ring is 1. The fraction of sp³-hybridized carbons (Fsp3) is 0.524. The number of hydrogen-bond acceptors (Lipinski definition) is 7. The van der Waals surface area contributed by atoms with Gasteiger partial charge < -0.3 is 20.1 Å². The van der Waals surface area contributed by atoms with Crippen molar-refractivity contribution in [2.75, 3.05) is 25.9 Å². The van der Waals surface area contributed by atoms with Gasteiger partial charge >= 0.3 is 0 Å². The second-order valence-electron chi connectivity index (χ2n) is 7.83. The normalized spacial score (nSPS) is 18.3. The molecule has 1 saturated heterocycles. The standard InChI is InChI=1S/C21H27N5O3/c1-13(14-3-4-14)29-19-12-23-17(11-18(19)28-2)21(27)26-9-7-15(8-10-26)16-5-6-20(22)25-24-16/h5-6,11-15H,3-4,7-10H2,1-2H3,(H2,22,25). The van der Waals surface area contributed by atoms with Gasteiger partial charge in [0.1, 0.15) is 11.5 Å². The highest BCUT2D eigenvalue weighted by Crippen LogP contribution is 2.37. The van der Waals surface area contributed by atoms with Gasteiger partial charge in [0, 0.05) is 25.1 Å². The lowest BCUT2D eigenvalue weighted by Crippen LogP contribution is -2.38. The van der Waals surface area contributed by atoms with Crippen molar-refractivity contribution in [3.63, 3.8) is 0 Å². The summed E-state index contributed by atoms with van der Waals surface area (Å²) in [6.07, 6.45) is 5.80. The monoisotopic (exact) mass is 397 g/mol. The molecule has 2 aromatic heterocycles. The lowest BCUT2D eigenvalue weighted by atomic mass is 9.93. The Morgan fingerprint density at radius 2 is 1.93 bits per heavy atom. The predicted octanol–water partition coefficient (Wildman–Crippen LogP) is 2.66. The highest BCUT2D eigenvalue weighted by molar-refractivity contribution is 5.93. The zero-order valence-electron chi connectivity index (χ0n) is 16.9. The zero-order valence-corrected chi connectivity index (χ0v) is 16.9. The van der Waals surface area contributed by atoms with E-state index in [4.69, 9.17) is 15.2 Å². The van der Waals surface area contributed by atoms with Crippen molar-refractivity contribution in [1.29, 1.82) is 0 Å². The Morgan fingerprint density at radius 1 is 1.17 bits per heavy atom. The molecule has 1 amide bonds.